The second-order valence-electron chi connectivity index (χ2n) is 4.35. The Hall–Kier alpha value is -1.62. The Bertz CT molecular complexity index is 403. The summed E-state index contributed by atoms with van der Waals surface area (Å²) in [5.41, 5.74) is 7.51. The fourth-order valence-electron chi connectivity index (χ4n) is 2.09. The van der Waals surface area contributed by atoms with Gasteiger partial charge in [0, 0.05) is 24.8 Å². The molecule has 1 fully saturated rings. The second-order valence-corrected chi connectivity index (χ2v) is 4.35. The van der Waals surface area contributed by atoms with E-state index in [2.05, 4.69) is 5.32 Å². The van der Waals surface area contributed by atoms with Crippen LogP contribution in [0, 0.1) is 0 Å². The van der Waals surface area contributed by atoms with Gasteiger partial charge in [-0.15, -0.1) is 0 Å². The van der Waals surface area contributed by atoms with E-state index in [1.807, 2.05) is 6.07 Å². The lowest BCUT2D eigenvalue weighted by molar-refractivity contribution is 0.0876. The SMILES string of the molecule is COc1cc(N)c(NC2CCCOC2)cc1OC. The van der Waals surface area contributed by atoms with Crippen LogP contribution in [0.2, 0.25) is 0 Å². The molecule has 18 heavy (non-hydrogen) atoms. The fraction of sp³-hybridized carbons (Fsp3) is 0.538. The van der Waals surface area contributed by atoms with Crippen LogP contribution in [0.5, 0.6) is 11.5 Å². The maximum absolute atomic E-state index is 6.00. The summed E-state index contributed by atoms with van der Waals surface area (Å²) in [4.78, 5) is 0. The number of benzene rings is 1. The van der Waals surface area contributed by atoms with Crippen molar-refractivity contribution in [1.82, 2.24) is 0 Å². The molecule has 1 saturated heterocycles. The average molecular weight is 252 g/mol. The van der Waals surface area contributed by atoms with E-state index in [0.717, 1.165) is 25.1 Å². The summed E-state index contributed by atoms with van der Waals surface area (Å²) >= 11 is 0. The van der Waals surface area contributed by atoms with E-state index in [0.29, 0.717) is 29.8 Å². The summed E-state index contributed by atoms with van der Waals surface area (Å²) in [7, 11) is 3.21. The molecule has 0 aromatic heterocycles. The summed E-state index contributed by atoms with van der Waals surface area (Å²) in [5.74, 6) is 1.31. The van der Waals surface area contributed by atoms with Crippen molar-refractivity contribution < 1.29 is 14.2 Å². The molecule has 1 aromatic carbocycles. The molecule has 0 aliphatic carbocycles. The standard InChI is InChI=1S/C13H20N2O3/c1-16-12-6-10(14)11(7-13(12)17-2)15-9-4-3-5-18-8-9/h6-7,9,15H,3-5,8,14H2,1-2H3. The number of nitrogens with one attached hydrogen (secondary N) is 1. The van der Waals surface area contributed by atoms with Gasteiger partial charge >= 0.3 is 0 Å². The van der Waals surface area contributed by atoms with E-state index in [1.54, 1.807) is 20.3 Å². The van der Waals surface area contributed by atoms with Gasteiger partial charge in [0.15, 0.2) is 11.5 Å². The minimum Gasteiger partial charge on any atom is -0.493 e. The number of hydrogen-bond acceptors (Lipinski definition) is 5. The van der Waals surface area contributed by atoms with Gasteiger partial charge in [-0.3, -0.25) is 0 Å². The normalized spacial score (nSPS) is 19.3. The topological polar surface area (TPSA) is 65.7 Å². The van der Waals surface area contributed by atoms with Crippen LogP contribution >= 0.6 is 0 Å². The summed E-state index contributed by atoms with van der Waals surface area (Å²) in [5, 5.41) is 3.39. The van der Waals surface area contributed by atoms with E-state index >= 15 is 0 Å². The highest BCUT2D eigenvalue weighted by Crippen LogP contribution is 2.35. The second kappa shape index (κ2) is 5.82. The molecule has 5 nitrogen and oxygen atoms in total. The number of rotatable bonds is 4. The van der Waals surface area contributed by atoms with Crippen molar-refractivity contribution in [3.8, 4) is 11.5 Å². The molecule has 0 radical (unpaired) electrons. The third kappa shape index (κ3) is 2.79. The van der Waals surface area contributed by atoms with Gasteiger partial charge < -0.3 is 25.3 Å². The van der Waals surface area contributed by atoms with Crippen molar-refractivity contribution in [3.63, 3.8) is 0 Å². The van der Waals surface area contributed by atoms with E-state index < -0.39 is 0 Å². The predicted octanol–water partition coefficient (Wildman–Crippen LogP) is 1.88. The molecule has 1 aliphatic rings. The summed E-state index contributed by atoms with van der Waals surface area (Å²) in [6.07, 6.45) is 2.17. The third-order valence-corrected chi connectivity index (χ3v) is 3.08. The molecule has 0 amide bonds. The first-order chi connectivity index (χ1) is 8.74. The first-order valence-corrected chi connectivity index (χ1v) is 6.10. The largest absolute Gasteiger partial charge is 0.493 e. The summed E-state index contributed by atoms with van der Waals surface area (Å²) < 4.78 is 15.9. The van der Waals surface area contributed by atoms with Crippen molar-refractivity contribution in [2.75, 3.05) is 38.5 Å². The molecule has 0 bridgehead atoms. The molecule has 1 unspecified atom stereocenters. The highest BCUT2D eigenvalue weighted by atomic mass is 16.5. The first kappa shape index (κ1) is 12.8. The molecular formula is C13H20N2O3. The monoisotopic (exact) mass is 252 g/mol. The molecule has 2 rings (SSSR count). The maximum atomic E-state index is 6.00. The quantitative estimate of drug-likeness (QED) is 0.801. The molecule has 1 heterocycles. The number of hydrogen-bond donors (Lipinski definition) is 2. The molecule has 0 spiro atoms. The Morgan fingerprint density at radius 2 is 2.00 bits per heavy atom. The van der Waals surface area contributed by atoms with Gasteiger partial charge in [0.1, 0.15) is 0 Å². The van der Waals surface area contributed by atoms with Gasteiger partial charge in [0.2, 0.25) is 0 Å². The smallest absolute Gasteiger partial charge is 0.162 e. The van der Waals surface area contributed by atoms with E-state index in [-0.39, 0.29) is 0 Å². The predicted molar refractivity (Wildman–Crippen MR) is 71.4 cm³/mol. The molecule has 1 aliphatic heterocycles. The van der Waals surface area contributed by atoms with Gasteiger partial charge in [-0.1, -0.05) is 0 Å². The van der Waals surface area contributed by atoms with Crippen LogP contribution in [0.3, 0.4) is 0 Å². The van der Waals surface area contributed by atoms with Crippen LogP contribution < -0.4 is 20.5 Å². The van der Waals surface area contributed by atoms with Crippen LogP contribution in [0.15, 0.2) is 12.1 Å². The Balaban J connectivity index is 2.16. The molecule has 1 aromatic rings. The lowest BCUT2D eigenvalue weighted by Gasteiger charge is -2.25. The minimum atomic E-state index is 0.305. The maximum Gasteiger partial charge on any atom is 0.162 e. The number of nitrogen functional groups attached to an aromatic ring is 1. The van der Waals surface area contributed by atoms with Crippen molar-refractivity contribution in [2.24, 2.45) is 0 Å². The summed E-state index contributed by atoms with van der Waals surface area (Å²) in [6, 6.07) is 3.94. The van der Waals surface area contributed by atoms with Crippen molar-refractivity contribution >= 4 is 11.4 Å². The number of methoxy groups -OCH3 is 2. The van der Waals surface area contributed by atoms with Crippen LogP contribution in [0.1, 0.15) is 12.8 Å². The Labute approximate surface area is 107 Å². The van der Waals surface area contributed by atoms with Gasteiger partial charge in [-0.05, 0) is 12.8 Å². The van der Waals surface area contributed by atoms with Crippen molar-refractivity contribution in [1.29, 1.82) is 0 Å². The Kier molecular flexibility index (Phi) is 4.15. The Morgan fingerprint density at radius 3 is 2.61 bits per heavy atom. The highest BCUT2D eigenvalue weighted by Gasteiger charge is 2.16. The fourth-order valence-corrected chi connectivity index (χ4v) is 2.09. The van der Waals surface area contributed by atoms with Gasteiger partial charge in [-0.25, -0.2) is 0 Å². The third-order valence-electron chi connectivity index (χ3n) is 3.08. The lowest BCUT2D eigenvalue weighted by atomic mass is 10.1. The van der Waals surface area contributed by atoms with Crippen LogP contribution in [0.25, 0.3) is 0 Å². The number of ether oxygens (including phenoxy) is 3. The summed E-state index contributed by atoms with van der Waals surface area (Å²) in [6.45, 7) is 1.56. The first-order valence-electron chi connectivity index (χ1n) is 6.10. The highest BCUT2D eigenvalue weighted by molar-refractivity contribution is 5.72. The van der Waals surface area contributed by atoms with Crippen LogP contribution in [-0.4, -0.2) is 33.5 Å². The van der Waals surface area contributed by atoms with Gasteiger partial charge in [-0.2, -0.15) is 0 Å². The molecule has 5 heteroatoms. The van der Waals surface area contributed by atoms with E-state index in [9.17, 15) is 0 Å². The minimum absolute atomic E-state index is 0.305. The molecule has 1 atom stereocenters. The number of nitrogens with two attached hydrogens (primary N) is 1. The molecule has 0 saturated carbocycles. The van der Waals surface area contributed by atoms with Gasteiger partial charge in [0.05, 0.1) is 32.2 Å². The van der Waals surface area contributed by atoms with Crippen LogP contribution in [0.4, 0.5) is 11.4 Å². The van der Waals surface area contributed by atoms with Crippen molar-refractivity contribution in [2.45, 2.75) is 18.9 Å². The van der Waals surface area contributed by atoms with Crippen LogP contribution in [-0.2, 0) is 4.74 Å². The number of anilines is 2. The molecule has 3 N–H and O–H groups in total. The zero-order valence-corrected chi connectivity index (χ0v) is 10.9. The zero-order chi connectivity index (χ0) is 13.0. The zero-order valence-electron chi connectivity index (χ0n) is 10.9. The van der Waals surface area contributed by atoms with Crippen molar-refractivity contribution in [3.05, 3.63) is 12.1 Å². The molecular weight excluding hydrogens is 232 g/mol. The van der Waals surface area contributed by atoms with Gasteiger partial charge in [0.25, 0.3) is 0 Å². The average Bonchev–Trinajstić information content (AvgIpc) is 2.41. The lowest BCUT2D eigenvalue weighted by Crippen LogP contribution is -2.30. The molecule has 100 valence electrons. The van der Waals surface area contributed by atoms with E-state index in [1.165, 1.54) is 0 Å². The Morgan fingerprint density at radius 1 is 1.28 bits per heavy atom. The van der Waals surface area contributed by atoms with E-state index in [4.69, 9.17) is 19.9 Å².